The molecule has 2 fully saturated rings. The maximum absolute atomic E-state index is 14.3. The highest BCUT2D eigenvalue weighted by atomic mass is 32.2. The number of para-hydroxylation sites is 1. The monoisotopic (exact) mass is 533 g/mol. The number of rotatable bonds is 8. The molecule has 2 amide bonds. The van der Waals surface area contributed by atoms with Crippen LogP contribution in [0.1, 0.15) is 30.0 Å². The van der Waals surface area contributed by atoms with E-state index in [0.29, 0.717) is 19.5 Å². The van der Waals surface area contributed by atoms with Crippen molar-refractivity contribution in [2.45, 2.75) is 31.3 Å². The van der Waals surface area contributed by atoms with Crippen LogP contribution in [0.4, 0.5) is 0 Å². The highest BCUT2D eigenvalue weighted by Crippen LogP contribution is 2.30. The van der Waals surface area contributed by atoms with Crippen molar-refractivity contribution in [1.29, 1.82) is 0 Å². The summed E-state index contributed by atoms with van der Waals surface area (Å²) in [6.45, 7) is 5.25. The molecular weight excluding hydrogens is 494 g/mol. The Bertz CT molecular complexity index is 1220. The van der Waals surface area contributed by atoms with Crippen molar-refractivity contribution >= 4 is 34.5 Å². The maximum Gasteiger partial charge on any atom is 0.240 e. The van der Waals surface area contributed by atoms with E-state index in [1.165, 1.54) is 10.9 Å². The van der Waals surface area contributed by atoms with Crippen molar-refractivity contribution in [1.82, 2.24) is 25.0 Å². The number of piperazine rings is 1. The third kappa shape index (κ3) is 6.08. The molecule has 0 spiro atoms. The number of hydrogen-bond acceptors (Lipinski definition) is 5. The Hall–Kier alpha value is -2.81. The van der Waals surface area contributed by atoms with E-state index in [9.17, 15) is 9.59 Å². The molecule has 1 aromatic heterocycles. The van der Waals surface area contributed by atoms with Crippen LogP contribution in [0.5, 0.6) is 0 Å². The Balaban J connectivity index is 1.31. The van der Waals surface area contributed by atoms with E-state index < -0.39 is 0 Å². The van der Waals surface area contributed by atoms with Crippen LogP contribution >= 0.6 is 11.8 Å². The smallest absolute Gasteiger partial charge is 0.240 e. The summed E-state index contributed by atoms with van der Waals surface area (Å²) in [5.41, 5.74) is 3.33. The Labute approximate surface area is 229 Å². The van der Waals surface area contributed by atoms with Gasteiger partial charge < -0.3 is 20.1 Å². The second-order valence-electron chi connectivity index (χ2n) is 10.3. The number of aromatic amines is 1. The number of carbonyl (C=O) groups excluding carboxylic acids is 2. The first-order valence-corrected chi connectivity index (χ1v) is 15.2. The summed E-state index contributed by atoms with van der Waals surface area (Å²) < 4.78 is 0. The van der Waals surface area contributed by atoms with Crippen molar-refractivity contribution in [2.24, 2.45) is 0 Å². The molecule has 38 heavy (non-hydrogen) atoms. The molecule has 2 atom stereocenters. The zero-order chi connectivity index (χ0) is 26.3. The predicted octanol–water partition coefficient (Wildman–Crippen LogP) is 3.54. The highest BCUT2D eigenvalue weighted by molar-refractivity contribution is 7.98. The van der Waals surface area contributed by atoms with Crippen LogP contribution in [0.15, 0.2) is 60.8 Å². The number of hydrogen-bond donors (Lipinski definition) is 2. The lowest BCUT2D eigenvalue weighted by Gasteiger charge is -2.41. The Morgan fingerprint density at radius 1 is 1.00 bits per heavy atom. The minimum absolute atomic E-state index is 0.0000984. The second-order valence-corrected chi connectivity index (χ2v) is 11.3. The number of aromatic nitrogens is 1. The van der Waals surface area contributed by atoms with E-state index in [1.54, 1.807) is 11.8 Å². The first-order valence-electron chi connectivity index (χ1n) is 13.8. The lowest BCUT2D eigenvalue weighted by molar-refractivity contribution is -0.140. The summed E-state index contributed by atoms with van der Waals surface area (Å²) in [4.78, 5) is 37.2. The molecule has 7 nitrogen and oxygen atoms in total. The van der Waals surface area contributed by atoms with Gasteiger partial charge in [0.25, 0.3) is 0 Å². The fraction of sp³-hybridized carbons (Fsp3) is 0.467. The van der Waals surface area contributed by atoms with Crippen LogP contribution in [-0.4, -0.2) is 95.4 Å². The first-order chi connectivity index (χ1) is 18.7. The number of amides is 2. The van der Waals surface area contributed by atoms with Crippen molar-refractivity contribution in [3.05, 3.63) is 71.9 Å². The molecule has 2 saturated heterocycles. The van der Waals surface area contributed by atoms with Gasteiger partial charge in [-0.3, -0.25) is 14.5 Å². The molecule has 8 heteroatoms. The molecule has 2 aliphatic rings. The van der Waals surface area contributed by atoms with Gasteiger partial charge in [-0.25, -0.2) is 0 Å². The molecule has 5 rings (SSSR count). The number of benzene rings is 2. The van der Waals surface area contributed by atoms with Gasteiger partial charge in [-0.15, -0.1) is 0 Å². The minimum atomic E-state index is -0.169. The van der Waals surface area contributed by atoms with E-state index in [1.807, 2.05) is 41.3 Å². The molecule has 2 aromatic carbocycles. The lowest BCUT2D eigenvalue weighted by Crippen LogP contribution is -2.56. The highest BCUT2D eigenvalue weighted by Gasteiger charge is 2.36. The van der Waals surface area contributed by atoms with Gasteiger partial charge in [0.2, 0.25) is 11.8 Å². The zero-order valence-electron chi connectivity index (χ0n) is 22.3. The number of carbonyl (C=O) groups is 2. The van der Waals surface area contributed by atoms with Gasteiger partial charge in [0.05, 0.1) is 18.5 Å². The van der Waals surface area contributed by atoms with Crippen LogP contribution < -0.4 is 5.32 Å². The first kappa shape index (κ1) is 26.8. The largest absolute Gasteiger partial charge is 0.361 e. The van der Waals surface area contributed by atoms with Crippen LogP contribution in [-0.2, 0) is 16.0 Å². The van der Waals surface area contributed by atoms with Crippen molar-refractivity contribution in [3.8, 4) is 0 Å². The summed E-state index contributed by atoms with van der Waals surface area (Å²) in [5.74, 6) is 1.33. The Kier molecular flexibility index (Phi) is 9.04. The van der Waals surface area contributed by atoms with Gasteiger partial charge >= 0.3 is 0 Å². The maximum atomic E-state index is 14.3. The average Bonchev–Trinajstić information content (AvgIpc) is 3.23. The number of H-pyrrole nitrogens is 1. The van der Waals surface area contributed by atoms with E-state index in [0.717, 1.165) is 62.4 Å². The van der Waals surface area contributed by atoms with E-state index in [-0.39, 0.29) is 23.9 Å². The number of fused-ring (bicyclic) bond motifs is 1. The van der Waals surface area contributed by atoms with Gasteiger partial charge in [0, 0.05) is 68.5 Å². The Morgan fingerprint density at radius 3 is 2.66 bits per heavy atom. The van der Waals surface area contributed by atoms with Gasteiger partial charge in [-0.1, -0.05) is 48.5 Å². The molecule has 1 unspecified atom stereocenters. The summed E-state index contributed by atoms with van der Waals surface area (Å²) in [6, 6.07) is 18.1. The van der Waals surface area contributed by atoms with Gasteiger partial charge in [-0.05, 0) is 36.5 Å². The third-order valence-electron chi connectivity index (χ3n) is 7.91. The molecule has 202 valence electrons. The predicted molar refractivity (Wildman–Crippen MR) is 155 cm³/mol. The van der Waals surface area contributed by atoms with E-state index >= 15 is 0 Å². The summed E-state index contributed by atoms with van der Waals surface area (Å²) >= 11 is 1.79. The molecule has 2 aliphatic heterocycles. The molecule has 0 radical (unpaired) electrons. The van der Waals surface area contributed by atoms with Crippen LogP contribution in [0, 0.1) is 0 Å². The molecule has 0 saturated carbocycles. The fourth-order valence-corrected chi connectivity index (χ4v) is 6.34. The Morgan fingerprint density at radius 2 is 1.82 bits per heavy atom. The zero-order valence-corrected chi connectivity index (χ0v) is 23.1. The lowest BCUT2D eigenvalue weighted by atomic mass is 10.0. The topological polar surface area (TPSA) is 71.7 Å². The standard InChI is InChI=1S/C30H39N5O2S/c1-38-19-12-27(33-14-7-15-34(18-17-33)29(36)20-23-8-3-2-4-9-23)30(37)35-16-13-31-22-28(35)25-21-32-26-11-6-5-10-24(25)26/h2-6,8-11,21,27-28,31-32H,7,12-20,22H2,1H3/t27-,28?/m1/s1. The van der Waals surface area contributed by atoms with Gasteiger partial charge in [0.1, 0.15) is 0 Å². The van der Waals surface area contributed by atoms with Crippen LogP contribution in [0.3, 0.4) is 0 Å². The summed E-state index contributed by atoms with van der Waals surface area (Å²) in [7, 11) is 0. The number of nitrogens with one attached hydrogen (secondary N) is 2. The molecule has 0 bridgehead atoms. The van der Waals surface area contributed by atoms with Crippen LogP contribution in [0.2, 0.25) is 0 Å². The SMILES string of the molecule is CSCC[C@H](C(=O)N1CCNCC1c1c[nH]c2ccccc12)N1CCCN(C(=O)Cc2ccccc2)CC1. The average molecular weight is 534 g/mol. The molecular formula is C30H39N5O2S. The second kappa shape index (κ2) is 12.8. The summed E-state index contributed by atoms with van der Waals surface area (Å²) in [6.07, 6.45) is 6.32. The summed E-state index contributed by atoms with van der Waals surface area (Å²) in [5, 5.41) is 4.70. The molecule has 0 aliphatic carbocycles. The fourth-order valence-electron chi connectivity index (χ4n) is 5.88. The third-order valence-corrected chi connectivity index (χ3v) is 8.55. The van der Waals surface area contributed by atoms with E-state index in [4.69, 9.17) is 0 Å². The molecule has 3 heterocycles. The normalized spacial score (nSPS) is 19.9. The molecule has 2 N–H and O–H groups in total. The number of thioether (sulfide) groups is 1. The van der Waals surface area contributed by atoms with Crippen molar-refractivity contribution in [3.63, 3.8) is 0 Å². The van der Waals surface area contributed by atoms with E-state index in [2.05, 4.69) is 50.8 Å². The van der Waals surface area contributed by atoms with Crippen molar-refractivity contribution in [2.75, 3.05) is 57.8 Å². The molecule has 3 aromatic rings. The minimum Gasteiger partial charge on any atom is -0.361 e. The van der Waals surface area contributed by atoms with Gasteiger partial charge in [-0.2, -0.15) is 11.8 Å². The van der Waals surface area contributed by atoms with Crippen molar-refractivity contribution < 1.29 is 9.59 Å². The number of nitrogens with zero attached hydrogens (tertiary/aromatic N) is 3. The van der Waals surface area contributed by atoms with Gasteiger partial charge in [0.15, 0.2) is 0 Å². The quantitative estimate of drug-likeness (QED) is 0.464. The van der Waals surface area contributed by atoms with Crippen LogP contribution in [0.25, 0.3) is 10.9 Å².